The second-order valence-electron chi connectivity index (χ2n) is 4.45. The van der Waals surface area contributed by atoms with Gasteiger partial charge >= 0.3 is 5.97 Å². The molecule has 0 heterocycles. The number of hydrogen-bond acceptors (Lipinski definition) is 6. The van der Waals surface area contributed by atoms with Gasteiger partial charge in [-0.05, 0) is 55.5 Å². The molecule has 0 amide bonds. The van der Waals surface area contributed by atoms with Crippen LogP contribution in [0.25, 0.3) is 0 Å². The van der Waals surface area contributed by atoms with Crippen molar-refractivity contribution in [1.82, 2.24) is 0 Å². The lowest BCUT2D eigenvalue weighted by Crippen LogP contribution is -2.14. The molecule has 23 heavy (non-hydrogen) atoms. The maximum Gasteiger partial charge on any atom is 0.344 e. The molecular weight excluding hydrogens is 294 g/mol. The van der Waals surface area contributed by atoms with E-state index in [4.69, 9.17) is 14.7 Å². The zero-order valence-corrected chi connectivity index (χ0v) is 12.6. The molecule has 0 saturated carbocycles. The first kappa shape index (κ1) is 16.2. The van der Waals surface area contributed by atoms with E-state index in [0.29, 0.717) is 29.3 Å². The summed E-state index contributed by atoms with van der Waals surface area (Å²) in [5.41, 5.74) is 1.89. The fraction of sp³-hybridized carbons (Fsp3) is 0.176. The van der Waals surface area contributed by atoms with Crippen LogP contribution in [0.4, 0.5) is 11.4 Å². The average molecular weight is 309 g/mol. The highest BCUT2D eigenvalue weighted by Crippen LogP contribution is 2.21. The normalized spacial score (nSPS) is 10.3. The van der Waals surface area contributed by atoms with Crippen molar-refractivity contribution in [2.75, 3.05) is 13.2 Å². The van der Waals surface area contributed by atoms with Crippen LogP contribution in [0, 0.1) is 11.3 Å². The number of ether oxygens (including phenoxy) is 2. The predicted octanol–water partition coefficient (Wildman–Crippen LogP) is 3.92. The molecule has 0 unspecified atom stereocenters. The van der Waals surface area contributed by atoms with Crippen LogP contribution < -0.4 is 4.74 Å². The molecule has 0 spiro atoms. The van der Waals surface area contributed by atoms with Gasteiger partial charge in [0.2, 0.25) is 0 Å². The number of nitriles is 1. The molecule has 0 atom stereocenters. The number of nitrogens with zero attached hydrogens (tertiary/aromatic N) is 3. The number of azo groups is 1. The average Bonchev–Trinajstić information content (AvgIpc) is 2.60. The molecule has 0 N–H and O–H groups in total. The zero-order chi connectivity index (χ0) is 16.5. The van der Waals surface area contributed by atoms with Crippen molar-refractivity contribution in [2.45, 2.75) is 6.92 Å². The lowest BCUT2D eigenvalue weighted by molar-refractivity contribution is -0.145. The monoisotopic (exact) mass is 309 g/mol. The molecule has 0 saturated heterocycles. The molecule has 2 rings (SSSR count). The van der Waals surface area contributed by atoms with Crippen LogP contribution in [0.5, 0.6) is 5.75 Å². The highest BCUT2D eigenvalue weighted by molar-refractivity contribution is 5.71. The molecule has 116 valence electrons. The lowest BCUT2D eigenvalue weighted by atomic mass is 10.2. The van der Waals surface area contributed by atoms with E-state index >= 15 is 0 Å². The predicted molar refractivity (Wildman–Crippen MR) is 83.9 cm³/mol. The van der Waals surface area contributed by atoms with Crippen LogP contribution in [-0.4, -0.2) is 19.2 Å². The highest BCUT2D eigenvalue weighted by atomic mass is 16.6. The van der Waals surface area contributed by atoms with Crippen molar-refractivity contribution in [3.8, 4) is 11.8 Å². The first-order chi connectivity index (χ1) is 11.2. The van der Waals surface area contributed by atoms with E-state index in [1.54, 1.807) is 55.5 Å². The molecule has 0 aliphatic carbocycles. The Morgan fingerprint density at radius 3 is 2.13 bits per heavy atom. The molecule has 0 aliphatic rings. The van der Waals surface area contributed by atoms with E-state index in [1.807, 2.05) is 6.07 Å². The number of carbonyl (C=O) groups excluding carboxylic acids is 1. The van der Waals surface area contributed by atoms with Gasteiger partial charge in [0.15, 0.2) is 6.61 Å². The van der Waals surface area contributed by atoms with Crippen molar-refractivity contribution in [2.24, 2.45) is 10.2 Å². The number of hydrogen-bond donors (Lipinski definition) is 0. The van der Waals surface area contributed by atoms with Gasteiger partial charge in [-0.3, -0.25) is 0 Å². The Balaban J connectivity index is 1.92. The zero-order valence-electron chi connectivity index (χ0n) is 12.6. The summed E-state index contributed by atoms with van der Waals surface area (Å²) in [5.74, 6) is 0.146. The van der Waals surface area contributed by atoms with Gasteiger partial charge in [0.1, 0.15) is 5.75 Å². The summed E-state index contributed by atoms with van der Waals surface area (Å²) in [7, 11) is 0. The third-order valence-electron chi connectivity index (χ3n) is 2.78. The van der Waals surface area contributed by atoms with Gasteiger partial charge in [0.25, 0.3) is 0 Å². The molecule has 0 fully saturated rings. The third-order valence-corrected chi connectivity index (χ3v) is 2.78. The summed E-state index contributed by atoms with van der Waals surface area (Å²) >= 11 is 0. The lowest BCUT2D eigenvalue weighted by Gasteiger charge is -2.05. The molecule has 0 bridgehead atoms. The minimum atomic E-state index is -0.405. The van der Waals surface area contributed by atoms with Gasteiger partial charge < -0.3 is 9.47 Å². The van der Waals surface area contributed by atoms with Crippen molar-refractivity contribution < 1.29 is 14.3 Å². The number of benzene rings is 2. The Kier molecular flexibility index (Phi) is 5.83. The van der Waals surface area contributed by atoms with Gasteiger partial charge in [-0.1, -0.05) is 0 Å². The Labute approximate surface area is 134 Å². The van der Waals surface area contributed by atoms with E-state index < -0.39 is 5.97 Å². The third kappa shape index (κ3) is 5.25. The van der Waals surface area contributed by atoms with Crippen LogP contribution in [-0.2, 0) is 9.53 Å². The van der Waals surface area contributed by atoms with Crippen LogP contribution in [0.1, 0.15) is 12.5 Å². The SMILES string of the molecule is CCOC(=O)COc1ccc(N=Nc2ccc(C#N)cc2)cc1. The summed E-state index contributed by atoms with van der Waals surface area (Å²) in [6.07, 6.45) is 0. The van der Waals surface area contributed by atoms with Crippen LogP contribution in [0.15, 0.2) is 58.8 Å². The van der Waals surface area contributed by atoms with E-state index in [9.17, 15) is 4.79 Å². The van der Waals surface area contributed by atoms with E-state index in [1.165, 1.54) is 0 Å². The molecular formula is C17H15N3O3. The number of carbonyl (C=O) groups is 1. The molecule has 6 nitrogen and oxygen atoms in total. The van der Waals surface area contributed by atoms with Crippen LogP contribution >= 0.6 is 0 Å². The largest absolute Gasteiger partial charge is 0.482 e. The Morgan fingerprint density at radius 2 is 1.61 bits per heavy atom. The first-order valence-corrected chi connectivity index (χ1v) is 7.01. The van der Waals surface area contributed by atoms with E-state index in [2.05, 4.69) is 10.2 Å². The summed E-state index contributed by atoms with van der Waals surface area (Å²) in [5, 5.41) is 16.9. The standard InChI is InChI=1S/C17H15N3O3/c1-2-22-17(21)12-23-16-9-7-15(8-10-16)20-19-14-5-3-13(11-18)4-6-14/h3-10H,2,12H2,1H3. The fourth-order valence-electron chi connectivity index (χ4n) is 1.67. The highest BCUT2D eigenvalue weighted by Gasteiger charge is 2.02. The Morgan fingerprint density at radius 1 is 1.04 bits per heavy atom. The van der Waals surface area contributed by atoms with Gasteiger partial charge in [-0.15, -0.1) is 0 Å². The summed E-state index contributed by atoms with van der Waals surface area (Å²) in [6, 6.07) is 15.7. The maximum absolute atomic E-state index is 11.2. The maximum atomic E-state index is 11.2. The van der Waals surface area contributed by atoms with Crippen LogP contribution in [0.3, 0.4) is 0 Å². The summed E-state index contributed by atoms with van der Waals surface area (Å²) in [4.78, 5) is 11.2. The quantitative estimate of drug-likeness (QED) is 0.598. The fourth-order valence-corrected chi connectivity index (χ4v) is 1.67. The molecule has 0 radical (unpaired) electrons. The van der Waals surface area contributed by atoms with E-state index in [0.717, 1.165) is 0 Å². The van der Waals surface area contributed by atoms with Crippen LogP contribution in [0.2, 0.25) is 0 Å². The second kappa shape index (κ2) is 8.29. The minimum Gasteiger partial charge on any atom is -0.482 e. The smallest absolute Gasteiger partial charge is 0.344 e. The minimum absolute atomic E-state index is 0.125. The summed E-state index contributed by atoms with van der Waals surface area (Å²) < 4.78 is 10.1. The summed E-state index contributed by atoms with van der Waals surface area (Å²) in [6.45, 7) is 1.95. The Bertz CT molecular complexity index is 716. The topological polar surface area (TPSA) is 84.0 Å². The number of esters is 1. The Hall–Kier alpha value is -3.20. The molecule has 2 aromatic rings. The molecule has 0 aromatic heterocycles. The van der Waals surface area contributed by atoms with Crippen molar-refractivity contribution in [3.05, 3.63) is 54.1 Å². The van der Waals surface area contributed by atoms with Crippen molar-refractivity contribution >= 4 is 17.3 Å². The van der Waals surface area contributed by atoms with Gasteiger partial charge in [0, 0.05) is 0 Å². The molecule has 0 aliphatic heterocycles. The van der Waals surface area contributed by atoms with Crippen molar-refractivity contribution in [1.29, 1.82) is 5.26 Å². The van der Waals surface area contributed by atoms with Gasteiger partial charge in [-0.2, -0.15) is 15.5 Å². The molecule has 2 aromatic carbocycles. The van der Waals surface area contributed by atoms with Gasteiger partial charge in [-0.25, -0.2) is 4.79 Å². The molecule has 6 heteroatoms. The second-order valence-corrected chi connectivity index (χ2v) is 4.45. The van der Waals surface area contributed by atoms with E-state index in [-0.39, 0.29) is 6.61 Å². The van der Waals surface area contributed by atoms with Crippen molar-refractivity contribution in [3.63, 3.8) is 0 Å². The first-order valence-electron chi connectivity index (χ1n) is 7.01. The van der Waals surface area contributed by atoms with Gasteiger partial charge in [0.05, 0.1) is 29.6 Å². The number of rotatable bonds is 6.